The lowest BCUT2D eigenvalue weighted by atomic mass is 9.92. The van der Waals surface area contributed by atoms with E-state index < -0.39 is 5.92 Å². The molecule has 0 aromatic heterocycles. The largest absolute Gasteiger partial charge is 0.496 e. The molecule has 2 amide bonds. The van der Waals surface area contributed by atoms with Crippen molar-refractivity contribution in [2.75, 3.05) is 20.2 Å². The van der Waals surface area contributed by atoms with Crippen molar-refractivity contribution < 1.29 is 14.3 Å². The topological polar surface area (TPSA) is 58.6 Å². The number of nitrogens with zero attached hydrogens (tertiary/aromatic N) is 1. The van der Waals surface area contributed by atoms with Crippen LogP contribution in [0.2, 0.25) is 0 Å². The van der Waals surface area contributed by atoms with Crippen LogP contribution in [0.4, 0.5) is 0 Å². The van der Waals surface area contributed by atoms with Crippen molar-refractivity contribution in [1.82, 2.24) is 10.2 Å². The van der Waals surface area contributed by atoms with Crippen LogP contribution in [0.3, 0.4) is 0 Å². The van der Waals surface area contributed by atoms with E-state index in [1.54, 1.807) is 12.0 Å². The molecule has 142 valence electrons. The van der Waals surface area contributed by atoms with Crippen LogP contribution in [-0.4, -0.2) is 36.9 Å². The molecule has 5 heteroatoms. The molecule has 1 N–H and O–H groups in total. The molecule has 1 heterocycles. The molecule has 1 aliphatic heterocycles. The monoisotopic (exact) mass is 366 g/mol. The zero-order chi connectivity index (χ0) is 19.2. The maximum atomic E-state index is 12.9. The van der Waals surface area contributed by atoms with E-state index in [-0.39, 0.29) is 24.3 Å². The Hall–Kier alpha value is -2.82. The van der Waals surface area contributed by atoms with Gasteiger partial charge in [0.1, 0.15) is 5.75 Å². The van der Waals surface area contributed by atoms with Crippen LogP contribution in [0.15, 0.2) is 54.6 Å². The molecule has 5 nitrogen and oxygen atoms in total. The standard InChI is InChI=1S/C22H26N2O3/c1-3-24-20(25)15-18(21(24)17-11-7-8-12-19(17)27-2)22(26)23-14-13-16-9-5-4-6-10-16/h4-12,18,21H,3,13-15H2,1-2H3,(H,23,26)/t18-,21+/m1/s1. The highest BCUT2D eigenvalue weighted by Crippen LogP contribution is 2.41. The smallest absolute Gasteiger partial charge is 0.226 e. The van der Waals surface area contributed by atoms with Gasteiger partial charge in [0.15, 0.2) is 0 Å². The van der Waals surface area contributed by atoms with E-state index in [1.807, 2.05) is 61.5 Å². The fraction of sp³-hybridized carbons (Fsp3) is 0.364. The number of ether oxygens (including phenoxy) is 1. The van der Waals surface area contributed by atoms with E-state index in [0.717, 1.165) is 12.0 Å². The Morgan fingerprint density at radius 2 is 1.85 bits per heavy atom. The number of likely N-dealkylation sites (tertiary alicyclic amines) is 1. The van der Waals surface area contributed by atoms with Crippen LogP contribution in [0.5, 0.6) is 5.75 Å². The van der Waals surface area contributed by atoms with Crippen molar-refractivity contribution in [2.45, 2.75) is 25.8 Å². The Kier molecular flexibility index (Phi) is 6.12. The lowest BCUT2D eigenvalue weighted by Crippen LogP contribution is -2.36. The Balaban J connectivity index is 1.75. The van der Waals surface area contributed by atoms with Crippen LogP contribution in [0.1, 0.15) is 30.5 Å². The van der Waals surface area contributed by atoms with Gasteiger partial charge in [0.05, 0.1) is 19.1 Å². The van der Waals surface area contributed by atoms with Gasteiger partial charge in [-0.1, -0.05) is 48.5 Å². The minimum absolute atomic E-state index is 0.0108. The number of methoxy groups -OCH3 is 1. The van der Waals surface area contributed by atoms with Crippen LogP contribution >= 0.6 is 0 Å². The Bertz CT molecular complexity index is 791. The van der Waals surface area contributed by atoms with Crippen molar-refractivity contribution in [2.24, 2.45) is 5.92 Å². The van der Waals surface area contributed by atoms with Gasteiger partial charge >= 0.3 is 0 Å². The lowest BCUT2D eigenvalue weighted by Gasteiger charge is -2.28. The summed E-state index contributed by atoms with van der Waals surface area (Å²) >= 11 is 0. The molecule has 0 spiro atoms. The summed E-state index contributed by atoms with van der Waals surface area (Å²) in [6.07, 6.45) is 0.998. The molecule has 0 radical (unpaired) electrons. The predicted octanol–water partition coefficient (Wildman–Crippen LogP) is 2.96. The first kappa shape index (κ1) is 19.0. The second kappa shape index (κ2) is 8.71. The predicted molar refractivity (Wildman–Crippen MR) is 104 cm³/mol. The SMILES string of the molecule is CCN1C(=O)C[C@@H](C(=O)NCCc2ccccc2)[C@@H]1c1ccccc1OC. The Morgan fingerprint density at radius 3 is 2.56 bits per heavy atom. The molecule has 1 fully saturated rings. The number of carbonyl (C=O) groups excluding carboxylic acids is 2. The van der Waals surface area contributed by atoms with E-state index in [4.69, 9.17) is 4.74 Å². The van der Waals surface area contributed by atoms with Crippen molar-refractivity contribution in [3.8, 4) is 5.75 Å². The molecule has 1 saturated heterocycles. The van der Waals surface area contributed by atoms with Gasteiger partial charge in [-0.05, 0) is 25.0 Å². The second-order valence-corrected chi connectivity index (χ2v) is 6.70. The van der Waals surface area contributed by atoms with Gasteiger partial charge in [0, 0.05) is 25.1 Å². The van der Waals surface area contributed by atoms with Crippen LogP contribution in [0.25, 0.3) is 0 Å². The number of amides is 2. The highest BCUT2D eigenvalue weighted by molar-refractivity contribution is 5.90. The van der Waals surface area contributed by atoms with Crippen LogP contribution < -0.4 is 10.1 Å². The van der Waals surface area contributed by atoms with Gasteiger partial charge in [-0.3, -0.25) is 9.59 Å². The van der Waals surface area contributed by atoms with Crippen molar-refractivity contribution >= 4 is 11.8 Å². The molecule has 27 heavy (non-hydrogen) atoms. The summed E-state index contributed by atoms with van der Waals surface area (Å²) in [5, 5.41) is 3.02. The summed E-state index contributed by atoms with van der Waals surface area (Å²) in [6.45, 7) is 3.06. The third-order valence-electron chi connectivity index (χ3n) is 5.12. The molecule has 2 aromatic rings. The van der Waals surface area contributed by atoms with E-state index in [9.17, 15) is 9.59 Å². The molecule has 0 bridgehead atoms. The Morgan fingerprint density at radius 1 is 1.15 bits per heavy atom. The molecule has 0 aliphatic carbocycles. The van der Waals surface area contributed by atoms with Gasteiger partial charge in [-0.25, -0.2) is 0 Å². The summed E-state index contributed by atoms with van der Waals surface area (Å²) < 4.78 is 5.48. The maximum absolute atomic E-state index is 12.9. The van der Waals surface area contributed by atoms with Crippen molar-refractivity contribution in [3.63, 3.8) is 0 Å². The molecule has 2 aromatic carbocycles. The average molecular weight is 366 g/mol. The maximum Gasteiger partial charge on any atom is 0.226 e. The van der Waals surface area contributed by atoms with Crippen LogP contribution in [0, 0.1) is 5.92 Å². The third-order valence-corrected chi connectivity index (χ3v) is 5.12. The highest BCUT2D eigenvalue weighted by atomic mass is 16.5. The normalized spacial score (nSPS) is 19.2. The lowest BCUT2D eigenvalue weighted by molar-refractivity contribution is -0.129. The summed E-state index contributed by atoms with van der Waals surface area (Å²) in [5.74, 6) is 0.227. The van der Waals surface area contributed by atoms with Gasteiger partial charge < -0.3 is 15.0 Å². The number of rotatable bonds is 7. The van der Waals surface area contributed by atoms with E-state index in [0.29, 0.717) is 18.8 Å². The average Bonchev–Trinajstić information content (AvgIpc) is 3.04. The van der Waals surface area contributed by atoms with Gasteiger partial charge in [-0.2, -0.15) is 0 Å². The molecular formula is C22H26N2O3. The van der Waals surface area contributed by atoms with Crippen LogP contribution in [-0.2, 0) is 16.0 Å². The van der Waals surface area contributed by atoms with E-state index in [2.05, 4.69) is 5.32 Å². The number of hydrogen-bond donors (Lipinski definition) is 1. The van der Waals surface area contributed by atoms with Crippen molar-refractivity contribution in [1.29, 1.82) is 0 Å². The third kappa shape index (κ3) is 4.13. The number of carbonyl (C=O) groups is 2. The first-order chi connectivity index (χ1) is 13.2. The number of benzene rings is 2. The first-order valence-electron chi connectivity index (χ1n) is 9.39. The summed E-state index contributed by atoms with van der Waals surface area (Å²) in [7, 11) is 1.61. The van der Waals surface area contributed by atoms with E-state index in [1.165, 1.54) is 5.56 Å². The van der Waals surface area contributed by atoms with Crippen molar-refractivity contribution in [3.05, 3.63) is 65.7 Å². The zero-order valence-electron chi connectivity index (χ0n) is 15.9. The minimum atomic E-state index is -0.412. The summed E-state index contributed by atoms with van der Waals surface area (Å²) in [5.41, 5.74) is 2.06. The van der Waals surface area contributed by atoms with Gasteiger partial charge in [0.2, 0.25) is 11.8 Å². The zero-order valence-corrected chi connectivity index (χ0v) is 15.9. The molecular weight excluding hydrogens is 340 g/mol. The molecule has 0 unspecified atom stereocenters. The molecule has 3 rings (SSSR count). The fourth-order valence-corrected chi connectivity index (χ4v) is 3.80. The van der Waals surface area contributed by atoms with Gasteiger partial charge in [-0.15, -0.1) is 0 Å². The number of para-hydroxylation sites is 1. The number of nitrogens with one attached hydrogen (secondary N) is 1. The molecule has 2 atom stereocenters. The van der Waals surface area contributed by atoms with Gasteiger partial charge in [0.25, 0.3) is 0 Å². The Labute approximate surface area is 160 Å². The fourth-order valence-electron chi connectivity index (χ4n) is 3.80. The molecule has 1 aliphatic rings. The summed E-state index contributed by atoms with van der Waals surface area (Å²) in [6, 6.07) is 17.4. The molecule has 0 saturated carbocycles. The number of hydrogen-bond acceptors (Lipinski definition) is 3. The quantitative estimate of drug-likeness (QED) is 0.820. The summed E-state index contributed by atoms with van der Waals surface area (Å²) in [4.78, 5) is 27.2. The van der Waals surface area contributed by atoms with E-state index >= 15 is 0 Å². The minimum Gasteiger partial charge on any atom is -0.496 e. The first-order valence-corrected chi connectivity index (χ1v) is 9.39. The second-order valence-electron chi connectivity index (χ2n) is 6.70. The highest BCUT2D eigenvalue weighted by Gasteiger charge is 2.44.